The van der Waals surface area contributed by atoms with Gasteiger partial charge in [0.1, 0.15) is 0 Å². The SMILES string of the molecule is CN(Cc1ccc(Cl)s1)C(=O)CSc1ncc(CO)n1C. The van der Waals surface area contributed by atoms with Crippen LogP contribution in [0.2, 0.25) is 4.34 Å². The molecule has 1 amide bonds. The Balaban J connectivity index is 1.87. The molecule has 0 radical (unpaired) electrons. The lowest BCUT2D eigenvalue weighted by Gasteiger charge is -2.15. The minimum Gasteiger partial charge on any atom is -0.390 e. The largest absolute Gasteiger partial charge is 0.390 e. The Morgan fingerprint density at radius 3 is 2.90 bits per heavy atom. The van der Waals surface area contributed by atoms with Gasteiger partial charge in [0.2, 0.25) is 5.91 Å². The van der Waals surface area contributed by atoms with Gasteiger partial charge in [0, 0.05) is 19.0 Å². The summed E-state index contributed by atoms with van der Waals surface area (Å²) in [6.07, 6.45) is 1.62. The molecule has 0 aromatic carbocycles. The third-order valence-corrected chi connectivity index (χ3v) is 5.22. The van der Waals surface area contributed by atoms with Crippen LogP contribution in [0.1, 0.15) is 10.6 Å². The molecule has 1 N–H and O–H groups in total. The molecule has 0 fully saturated rings. The zero-order valence-electron chi connectivity index (χ0n) is 11.7. The molecule has 2 aromatic rings. The standard InChI is InChI=1S/C13H16ClN3O2S2/c1-16(6-10-3-4-11(14)21-10)12(19)8-20-13-15-5-9(7-18)17(13)2/h3-5,18H,6-8H2,1-2H3. The number of carbonyl (C=O) groups is 1. The highest BCUT2D eigenvalue weighted by Crippen LogP contribution is 2.23. The van der Waals surface area contributed by atoms with Gasteiger partial charge >= 0.3 is 0 Å². The number of hydrogen-bond acceptors (Lipinski definition) is 5. The highest BCUT2D eigenvalue weighted by atomic mass is 35.5. The van der Waals surface area contributed by atoms with E-state index in [2.05, 4.69) is 4.98 Å². The number of imidazole rings is 1. The van der Waals surface area contributed by atoms with Crippen molar-refractivity contribution in [2.24, 2.45) is 7.05 Å². The van der Waals surface area contributed by atoms with Crippen LogP contribution in [0.3, 0.4) is 0 Å². The summed E-state index contributed by atoms with van der Waals surface area (Å²) in [6, 6.07) is 3.76. The number of carbonyl (C=O) groups excluding carboxylic acids is 1. The van der Waals surface area contributed by atoms with Crippen molar-refractivity contribution in [2.75, 3.05) is 12.8 Å². The van der Waals surface area contributed by atoms with E-state index in [0.29, 0.717) is 12.3 Å². The molecule has 0 spiro atoms. The predicted octanol–water partition coefficient (Wildman–Crippen LogP) is 2.38. The van der Waals surface area contributed by atoms with Crippen molar-refractivity contribution in [2.45, 2.75) is 18.3 Å². The molecule has 0 aliphatic rings. The van der Waals surface area contributed by atoms with Gasteiger partial charge in [0.05, 0.1) is 35.1 Å². The Kier molecular flexibility index (Phi) is 5.69. The fourth-order valence-electron chi connectivity index (χ4n) is 1.70. The minimum absolute atomic E-state index is 0.0260. The summed E-state index contributed by atoms with van der Waals surface area (Å²) in [4.78, 5) is 19.0. The van der Waals surface area contributed by atoms with Crippen molar-refractivity contribution < 1.29 is 9.90 Å². The van der Waals surface area contributed by atoms with Gasteiger partial charge in [-0.1, -0.05) is 23.4 Å². The van der Waals surface area contributed by atoms with Gasteiger partial charge in [-0.3, -0.25) is 4.79 Å². The fourth-order valence-corrected chi connectivity index (χ4v) is 3.75. The second-order valence-electron chi connectivity index (χ2n) is 4.49. The summed E-state index contributed by atoms with van der Waals surface area (Å²) in [6.45, 7) is 0.496. The molecule has 0 saturated carbocycles. The normalized spacial score (nSPS) is 10.9. The smallest absolute Gasteiger partial charge is 0.233 e. The van der Waals surface area contributed by atoms with E-state index in [0.717, 1.165) is 20.1 Å². The van der Waals surface area contributed by atoms with E-state index in [1.807, 2.05) is 19.2 Å². The number of nitrogens with zero attached hydrogens (tertiary/aromatic N) is 3. The first-order chi connectivity index (χ1) is 10.0. The number of aliphatic hydroxyl groups is 1. The highest BCUT2D eigenvalue weighted by molar-refractivity contribution is 7.99. The first-order valence-corrected chi connectivity index (χ1v) is 8.41. The molecule has 0 aliphatic carbocycles. The summed E-state index contributed by atoms with van der Waals surface area (Å²) in [5, 5.41) is 9.83. The average molecular weight is 346 g/mol. The maximum absolute atomic E-state index is 12.1. The molecule has 2 heterocycles. The van der Waals surface area contributed by atoms with Crippen LogP contribution in [-0.4, -0.2) is 38.3 Å². The highest BCUT2D eigenvalue weighted by Gasteiger charge is 2.13. The van der Waals surface area contributed by atoms with Crippen LogP contribution >= 0.6 is 34.7 Å². The summed E-state index contributed by atoms with van der Waals surface area (Å²) in [5.74, 6) is 0.337. The number of aromatic nitrogens is 2. The maximum Gasteiger partial charge on any atom is 0.233 e. The number of hydrogen-bond donors (Lipinski definition) is 1. The lowest BCUT2D eigenvalue weighted by Crippen LogP contribution is -2.27. The summed E-state index contributed by atoms with van der Waals surface area (Å²) >= 11 is 8.72. The predicted molar refractivity (Wildman–Crippen MR) is 85.7 cm³/mol. The second-order valence-corrected chi connectivity index (χ2v) is 7.24. The van der Waals surface area contributed by atoms with Gasteiger partial charge in [-0.25, -0.2) is 4.98 Å². The molecular weight excluding hydrogens is 330 g/mol. The van der Waals surface area contributed by atoms with Gasteiger partial charge in [0.15, 0.2) is 5.16 Å². The van der Waals surface area contributed by atoms with E-state index in [4.69, 9.17) is 16.7 Å². The van der Waals surface area contributed by atoms with Crippen LogP contribution < -0.4 is 0 Å². The number of aliphatic hydroxyl groups excluding tert-OH is 1. The van der Waals surface area contributed by atoms with Crippen molar-refractivity contribution in [3.05, 3.63) is 33.2 Å². The van der Waals surface area contributed by atoms with Crippen molar-refractivity contribution >= 4 is 40.6 Å². The van der Waals surface area contributed by atoms with Crippen LogP contribution in [0.15, 0.2) is 23.5 Å². The van der Waals surface area contributed by atoms with Gasteiger partial charge in [-0.15, -0.1) is 11.3 Å². The monoisotopic (exact) mass is 345 g/mol. The lowest BCUT2D eigenvalue weighted by molar-refractivity contribution is -0.127. The van der Waals surface area contributed by atoms with E-state index in [1.54, 1.807) is 22.7 Å². The van der Waals surface area contributed by atoms with Gasteiger partial charge < -0.3 is 14.6 Å². The molecule has 0 atom stereocenters. The lowest BCUT2D eigenvalue weighted by atomic mass is 10.4. The Morgan fingerprint density at radius 2 is 2.33 bits per heavy atom. The molecule has 2 aromatic heterocycles. The molecule has 0 bridgehead atoms. The van der Waals surface area contributed by atoms with Crippen molar-refractivity contribution in [1.29, 1.82) is 0 Å². The molecule has 0 saturated heterocycles. The van der Waals surface area contributed by atoms with Crippen LogP contribution in [0.4, 0.5) is 0 Å². The van der Waals surface area contributed by atoms with Crippen LogP contribution in [0.25, 0.3) is 0 Å². The molecule has 21 heavy (non-hydrogen) atoms. The van der Waals surface area contributed by atoms with Crippen molar-refractivity contribution in [3.8, 4) is 0 Å². The van der Waals surface area contributed by atoms with Crippen LogP contribution in [0, 0.1) is 0 Å². The third-order valence-electron chi connectivity index (χ3n) is 2.98. The fraction of sp³-hybridized carbons (Fsp3) is 0.385. The number of rotatable bonds is 6. The molecular formula is C13H16ClN3O2S2. The summed E-state index contributed by atoms with van der Waals surface area (Å²) in [5.41, 5.74) is 0.728. The number of thioether (sulfide) groups is 1. The molecule has 8 heteroatoms. The molecule has 2 rings (SSSR count). The second kappa shape index (κ2) is 7.31. The molecule has 0 unspecified atom stereocenters. The third kappa shape index (κ3) is 4.23. The van der Waals surface area contributed by atoms with Crippen LogP contribution in [0.5, 0.6) is 0 Å². The van der Waals surface area contributed by atoms with E-state index in [-0.39, 0.29) is 12.5 Å². The zero-order chi connectivity index (χ0) is 15.4. The Bertz CT molecular complexity index is 627. The van der Waals surface area contributed by atoms with E-state index < -0.39 is 0 Å². The first kappa shape index (κ1) is 16.4. The average Bonchev–Trinajstić information content (AvgIpc) is 3.02. The first-order valence-electron chi connectivity index (χ1n) is 6.23. The minimum atomic E-state index is -0.0585. The van der Waals surface area contributed by atoms with E-state index in [9.17, 15) is 4.79 Å². The Labute approximate surface area is 136 Å². The number of thiophene rings is 1. The molecule has 114 valence electrons. The van der Waals surface area contributed by atoms with E-state index >= 15 is 0 Å². The van der Waals surface area contributed by atoms with Crippen molar-refractivity contribution in [1.82, 2.24) is 14.5 Å². The van der Waals surface area contributed by atoms with Gasteiger partial charge in [-0.05, 0) is 12.1 Å². The van der Waals surface area contributed by atoms with Crippen LogP contribution in [-0.2, 0) is 25.0 Å². The zero-order valence-corrected chi connectivity index (χ0v) is 14.1. The number of halogens is 1. The maximum atomic E-state index is 12.1. The molecule has 5 nitrogen and oxygen atoms in total. The Hall–Kier alpha value is -1.02. The number of amides is 1. The van der Waals surface area contributed by atoms with Gasteiger partial charge in [0.25, 0.3) is 0 Å². The van der Waals surface area contributed by atoms with Gasteiger partial charge in [-0.2, -0.15) is 0 Å². The summed E-state index contributed by atoms with van der Waals surface area (Å²) < 4.78 is 2.52. The van der Waals surface area contributed by atoms with E-state index in [1.165, 1.54) is 23.1 Å². The summed E-state index contributed by atoms with van der Waals surface area (Å²) in [7, 11) is 3.59. The quantitative estimate of drug-likeness (QED) is 0.817. The topological polar surface area (TPSA) is 58.4 Å². The Morgan fingerprint density at radius 1 is 1.57 bits per heavy atom. The van der Waals surface area contributed by atoms with Crippen molar-refractivity contribution in [3.63, 3.8) is 0 Å². The molecule has 0 aliphatic heterocycles.